The number of halogens is 3. The van der Waals surface area contributed by atoms with Gasteiger partial charge < -0.3 is 9.80 Å². The zero-order valence-electron chi connectivity index (χ0n) is 18.3. The van der Waals surface area contributed by atoms with Crippen molar-refractivity contribution in [3.63, 3.8) is 0 Å². The van der Waals surface area contributed by atoms with Gasteiger partial charge in [0.05, 0.1) is 10.2 Å². The molecule has 6 rings (SSSR count). The number of hydrogen-bond donors (Lipinski definition) is 0. The van der Waals surface area contributed by atoms with Crippen LogP contribution in [0.25, 0.3) is 10.2 Å². The molecule has 3 aromatic rings. The van der Waals surface area contributed by atoms with E-state index < -0.39 is 11.9 Å². The zero-order chi connectivity index (χ0) is 22.9. The minimum atomic E-state index is -4.48. The van der Waals surface area contributed by atoms with Crippen LogP contribution in [0.2, 0.25) is 0 Å². The van der Waals surface area contributed by atoms with E-state index in [1.165, 1.54) is 11.6 Å². The lowest BCUT2D eigenvalue weighted by Crippen LogP contribution is -2.47. The van der Waals surface area contributed by atoms with Crippen LogP contribution in [0.3, 0.4) is 0 Å². The lowest BCUT2D eigenvalue weighted by molar-refractivity contribution is -0.141. The number of para-hydroxylation sites is 1. The first-order chi connectivity index (χ1) is 15.8. The van der Waals surface area contributed by atoms with Gasteiger partial charge >= 0.3 is 6.18 Å². The van der Waals surface area contributed by atoms with Crippen LogP contribution in [0, 0.1) is 24.7 Å². The minimum Gasteiger partial charge on any atom is -0.356 e. The number of aromatic nitrogens is 3. The summed E-state index contributed by atoms with van der Waals surface area (Å²) in [5.41, 5.74) is 0.380. The SMILES string of the molecule is Cc1c(N2C[C@@H]3C(CSc4nc5ccccc5s4)[C@@H]3C2)nc(N2CCC2C)nc1C(F)(F)F. The summed E-state index contributed by atoms with van der Waals surface area (Å²) in [5.74, 6) is 3.30. The monoisotopic (exact) mass is 491 g/mol. The summed E-state index contributed by atoms with van der Waals surface area (Å²) in [4.78, 5) is 17.2. The Kier molecular flexibility index (Phi) is 5.03. The molecule has 5 nitrogen and oxygen atoms in total. The number of nitrogens with zero attached hydrogens (tertiary/aromatic N) is 5. The number of thioether (sulfide) groups is 1. The van der Waals surface area contributed by atoms with Gasteiger partial charge in [-0.05, 0) is 50.2 Å². The lowest BCUT2D eigenvalue weighted by Gasteiger charge is -2.39. The van der Waals surface area contributed by atoms with Crippen LogP contribution in [0.5, 0.6) is 0 Å². The summed E-state index contributed by atoms with van der Waals surface area (Å²) >= 11 is 3.53. The average molecular weight is 492 g/mol. The molecule has 33 heavy (non-hydrogen) atoms. The predicted molar refractivity (Wildman–Crippen MR) is 126 cm³/mol. The molecule has 0 bridgehead atoms. The van der Waals surface area contributed by atoms with Crippen LogP contribution in [-0.2, 0) is 6.18 Å². The second-order valence-electron chi connectivity index (χ2n) is 9.30. The van der Waals surface area contributed by atoms with Gasteiger partial charge in [0.1, 0.15) is 5.82 Å². The van der Waals surface area contributed by atoms with Crippen molar-refractivity contribution in [3.8, 4) is 0 Å². The van der Waals surface area contributed by atoms with Crippen LogP contribution in [0.15, 0.2) is 28.6 Å². The van der Waals surface area contributed by atoms with Crippen molar-refractivity contribution in [3.05, 3.63) is 35.5 Å². The van der Waals surface area contributed by atoms with E-state index in [1.807, 2.05) is 34.9 Å². The van der Waals surface area contributed by atoms with Gasteiger partial charge in [0.15, 0.2) is 10.0 Å². The third-order valence-electron chi connectivity index (χ3n) is 7.30. The highest BCUT2D eigenvalue weighted by Gasteiger charge is 2.56. The molecule has 2 aliphatic heterocycles. The van der Waals surface area contributed by atoms with E-state index in [4.69, 9.17) is 4.98 Å². The van der Waals surface area contributed by atoms with Crippen molar-refractivity contribution in [1.82, 2.24) is 15.0 Å². The van der Waals surface area contributed by atoms with Gasteiger partial charge in [0.2, 0.25) is 5.95 Å². The molecular weight excluding hydrogens is 467 g/mol. The van der Waals surface area contributed by atoms with Gasteiger partial charge in [0.25, 0.3) is 0 Å². The number of hydrogen-bond acceptors (Lipinski definition) is 7. The Hall–Kier alpha value is -2.07. The molecule has 0 radical (unpaired) electrons. The van der Waals surface area contributed by atoms with Gasteiger partial charge in [-0.3, -0.25) is 0 Å². The van der Waals surface area contributed by atoms with Crippen molar-refractivity contribution in [2.24, 2.45) is 17.8 Å². The number of benzene rings is 1. The number of piperidine rings is 1. The molecule has 4 heterocycles. The minimum absolute atomic E-state index is 0.140. The fourth-order valence-electron chi connectivity index (χ4n) is 5.17. The van der Waals surface area contributed by atoms with E-state index in [0.717, 1.165) is 35.1 Å². The maximum absolute atomic E-state index is 13.7. The Labute approximate surface area is 198 Å². The second kappa shape index (κ2) is 7.73. The third kappa shape index (κ3) is 3.75. The van der Waals surface area contributed by atoms with E-state index in [2.05, 4.69) is 16.0 Å². The third-order valence-corrected chi connectivity index (χ3v) is 9.62. The van der Waals surface area contributed by atoms with E-state index in [-0.39, 0.29) is 17.6 Å². The molecule has 10 heteroatoms. The summed E-state index contributed by atoms with van der Waals surface area (Å²) < 4.78 is 43.5. The number of thiazole rings is 1. The molecule has 0 amide bonds. The van der Waals surface area contributed by atoms with Gasteiger partial charge in [-0.1, -0.05) is 23.9 Å². The molecule has 1 aromatic carbocycles. The number of alkyl halides is 3. The Morgan fingerprint density at radius 1 is 1.12 bits per heavy atom. The van der Waals surface area contributed by atoms with Gasteiger partial charge in [-0.2, -0.15) is 18.2 Å². The Bertz CT molecular complexity index is 1170. The standard InChI is InChI=1S/C23H24F3N5S2/c1-12-7-8-31(12)21-28-19(23(24,25)26)13(2)20(29-21)30-9-14-15(10-30)16(14)11-32-22-27-17-5-3-4-6-18(17)33-22/h3-6,12,14-16H,7-11H2,1-2H3/t12?,14-,15+,16?. The Balaban J connectivity index is 1.16. The predicted octanol–water partition coefficient (Wildman–Crippen LogP) is 5.49. The van der Waals surface area contributed by atoms with E-state index in [0.29, 0.717) is 30.1 Å². The van der Waals surface area contributed by atoms with Crippen molar-refractivity contribution >= 4 is 45.1 Å². The van der Waals surface area contributed by atoms with E-state index in [1.54, 1.807) is 23.1 Å². The Morgan fingerprint density at radius 3 is 2.52 bits per heavy atom. The summed E-state index contributed by atoms with van der Waals surface area (Å²) in [6.45, 7) is 5.74. The van der Waals surface area contributed by atoms with Gasteiger partial charge in [0, 0.05) is 37.0 Å². The Morgan fingerprint density at radius 2 is 1.88 bits per heavy atom. The summed E-state index contributed by atoms with van der Waals surface area (Å²) in [7, 11) is 0. The fourth-order valence-corrected chi connectivity index (χ4v) is 7.57. The number of rotatable bonds is 5. The molecule has 4 atom stereocenters. The maximum atomic E-state index is 13.7. The van der Waals surface area contributed by atoms with Crippen molar-refractivity contribution in [1.29, 1.82) is 0 Å². The van der Waals surface area contributed by atoms with Crippen molar-refractivity contribution < 1.29 is 13.2 Å². The van der Waals surface area contributed by atoms with E-state index >= 15 is 0 Å². The molecule has 1 saturated carbocycles. The smallest absolute Gasteiger partial charge is 0.356 e. The normalized spacial score (nSPS) is 26.6. The first-order valence-electron chi connectivity index (χ1n) is 11.3. The van der Waals surface area contributed by atoms with Crippen LogP contribution in [0.1, 0.15) is 24.6 Å². The van der Waals surface area contributed by atoms with Gasteiger partial charge in [-0.25, -0.2) is 9.97 Å². The zero-order valence-corrected chi connectivity index (χ0v) is 20.0. The van der Waals surface area contributed by atoms with Crippen LogP contribution in [0.4, 0.5) is 24.9 Å². The van der Waals surface area contributed by atoms with Crippen LogP contribution in [-0.4, -0.2) is 46.4 Å². The lowest BCUT2D eigenvalue weighted by atomic mass is 10.1. The van der Waals surface area contributed by atoms with Crippen LogP contribution < -0.4 is 9.80 Å². The molecule has 174 valence electrons. The summed E-state index contributed by atoms with van der Waals surface area (Å²) in [6, 6.07) is 8.34. The first kappa shape index (κ1) is 21.5. The average Bonchev–Trinajstić information content (AvgIpc) is 3.10. The van der Waals surface area contributed by atoms with E-state index in [9.17, 15) is 13.2 Å². The molecule has 2 unspecified atom stereocenters. The highest BCUT2D eigenvalue weighted by molar-refractivity contribution is 8.01. The number of anilines is 2. The highest BCUT2D eigenvalue weighted by Crippen LogP contribution is 2.55. The summed E-state index contributed by atoms with van der Waals surface area (Å²) in [5, 5.41) is 0. The van der Waals surface area contributed by atoms with Crippen LogP contribution >= 0.6 is 23.1 Å². The first-order valence-corrected chi connectivity index (χ1v) is 13.1. The van der Waals surface area contributed by atoms with Gasteiger partial charge in [-0.15, -0.1) is 11.3 Å². The van der Waals surface area contributed by atoms with Crippen molar-refractivity contribution in [2.75, 3.05) is 35.2 Å². The highest BCUT2D eigenvalue weighted by atomic mass is 32.2. The molecule has 3 fully saturated rings. The maximum Gasteiger partial charge on any atom is 0.433 e. The molecule has 0 spiro atoms. The number of fused-ring (bicyclic) bond motifs is 2. The molecule has 3 aliphatic rings. The molecular formula is C23H24F3N5S2. The molecule has 2 aromatic heterocycles. The molecule has 2 saturated heterocycles. The fraction of sp³-hybridized carbons (Fsp3) is 0.522. The topological polar surface area (TPSA) is 45.2 Å². The molecule has 0 N–H and O–H groups in total. The second-order valence-corrected chi connectivity index (χ2v) is 11.6. The van der Waals surface area contributed by atoms with Crippen molar-refractivity contribution in [2.45, 2.75) is 36.8 Å². The summed E-state index contributed by atoms with van der Waals surface area (Å²) in [6.07, 6.45) is -3.53. The quantitative estimate of drug-likeness (QED) is 0.440. The molecule has 1 aliphatic carbocycles. The largest absolute Gasteiger partial charge is 0.433 e.